The molecule has 0 spiro atoms. The number of fused-ring (bicyclic) bond motifs is 2. The quantitative estimate of drug-likeness (QED) is 0.490. The minimum atomic E-state index is -0.451. The number of hydrogen-bond acceptors (Lipinski definition) is 7. The van der Waals surface area contributed by atoms with E-state index in [0.29, 0.717) is 40.6 Å². The van der Waals surface area contributed by atoms with E-state index in [-0.39, 0.29) is 24.9 Å². The summed E-state index contributed by atoms with van der Waals surface area (Å²) in [7, 11) is 5.40. The van der Waals surface area contributed by atoms with Crippen molar-refractivity contribution in [3.8, 4) is 5.75 Å². The van der Waals surface area contributed by atoms with Gasteiger partial charge in [0.15, 0.2) is 5.13 Å². The second kappa shape index (κ2) is 9.64. The zero-order valence-electron chi connectivity index (χ0n) is 17.9. The summed E-state index contributed by atoms with van der Waals surface area (Å²) in [5, 5.41) is 0.503. The van der Waals surface area contributed by atoms with Crippen LogP contribution in [0, 0.1) is 0 Å². The number of anilines is 1. The van der Waals surface area contributed by atoms with Gasteiger partial charge in [-0.25, -0.2) is 4.98 Å². The number of aromatic nitrogens is 1. The van der Waals surface area contributed by atoms with E-state index in [9.17, 15) is 14.4 Å². The summed E-state index contributed by atoms with van der Waals surface area (Å²) in [5.74, 6) is -0.644. The first-order valence-corrected chi connectivity index (χ1v) is 10.6. The van der Waals surface area contributed by atoms with Gasteiger partial charge in [0.25, 0.3) is 11.8 Å². The van der Waals surface area contributed by atoms with Crippen LogP contribution in [0.4, 0.5) is 5.13 Å². The fourth-order valence-electron chi connectivity index (χ4n) is 3.42. The molecule has 0 fully saturated rings. The maximum Gasteiger partial charge on any atom is 0.262 e. The van der Waals surface area contributed by atoms with Crippen LogP contribution in [0.1, 0.15) is 20.7 Å². The van der Waals surface area contributed by atoms with Gasteiger partial charge in [-0.2, -0.15) is 0 Å². The summed E-state index contributed by atoms with van der Waals surface area (Å²) in [6.07, 6.45) is 0. The summed E-state index contributed by atoms with van der Waals surface area (Å²) in [6.45, 7) is 0.630. The van der Waals surface area contributed by atoms with Crippen LogP contribution in [-0.2, 0) is 4.79 Å². The van der Waals surface area contributed by atoms with E-state index in [2.05, 4.69) is 4.98 Å². The summed E-state index contributed by atoms with van der Waals surface area (Å²) in [5.41, 5.74) is 1.32. The molecule has 0 bridgehead atoms. The van der Waals surface area contributed by atoms with Crippen LogP contribution in [-0.4, -0.2) is 73.3 Å². The van der Waals surface area contributed by atoms with Gasteiger partial charge in [-0.1, -0.05) is 29.5 Å². The molecule has 0 radical (unpaired) electrons. The Balaban J connectivity index is 0.00000289. The maximum absolute atomic E-state index is 13.3. The third kappa shape index (κ3) is 4.32. The maximum atomic E-state index is 13.3. The molecule has 3 amide bonds. The number of thiazole rings is 1. The Morgan fingerprint density at radius 1 is 1.03 bits per heavy atom. The Morgan fingerprint density at radius 3 is 2.28 bits per heavy atom. The summed E-state index contributed by atoms with van der Waals surface area (Å²) < 4.78 is 6.27. The molecule has 4 rings (SSSR count). The minimum absolute atomic E-state index is 0. The van der Waals surface area contributed by atoms with Gasteiger partial charge in [0.05, 0.1) is 22.9 Å². The number of hydrogen-bond donors (Lipinski definition) is 0. The molecule has 8 nitrogen and oxygen atoms in total. The van der Waals surface area contributed by atoms with Crippen molar-refractivity contribution < 1.29 is 19.1 Å². The van der Waals surface area contributed by atoms with Crippen molar-refractivity contribution in [2.24, 2.45) is 0 Å². The molecule has 1 aliphatic rings. The van der Waals surface area contributed by atoms with Crippen LogP contribution in [0.15, 0.2) is 42.5 Å². The zero-order chi connectivity index (χ0) is 22.1. The number of carbonyl (C=O) groups excluding carboxylic acids is 3. The van der Waals surface area contributed by atoms with Crippen LogP contribution in [0.2, 0.25) is 0 Å². The van der Waals surface area contributed by atoms with Gasteiger partial charge in [-0.05, 0) is 38.4 Å². The number of nitrogens with zero attached hydrogens (tertiary/aromatic N) is 4. The monoisotopic (exact) mass is 474 g/mol. The van der Waals surface area contributed by atoms with Crippen LogP contribution in [0.25, 0.3) is 10.2 Å². The van der Waals surface area contributed by atoms with Crippen LogP contribution < -0.4 is 9.64 Å². The minimum Gasteiger partial charge on any atom is -0.494 e. The van der Waals surface area contributed by atoms with E-state index in [1.54, 1.807) is 31.4 Å². The topological polar surface area (TPSA) is 83.0 Å². The van der Waals surface area contributed by atoms with Crippen molar-refractivity contribution in [2.75, 3.05) is 45.7 Å². The SMILES string of the molecule is COc1cccc2sc(N(CCN(C)C)C(=O)CN3C(=O)c4ccccc4C3=O)nc12.Cl. The van der Waals surface area contributed by atoms with Gasteiger partial charge in [0.1, 0.15) is 17.8 Å². The molecule has 0 atom stereocenters. The Labute approximate surface area is 195 Å². The molecular weight excluding hydrogens is 452 g/mol. The fourth-order valence-corrected chi connectivity index (χ4v) is 4.45. The number of amides is 3. The summed E-state index contributed by atoms with van der Waals surface area (Å²) in [4.78, 5) is 47.8. The van der Waals surface area contributed by atoms with Crippen molar-refractivity contribution in [2.45, 2.75) is 0 Å². The van der Waals surface area contributed by atoms with Gasteiger partial charge in [0, 0.05) is 13.1 Å². The predicted molar refractivity (Wildman–Crippen MR) is 126 cm³/mol. The number of methoxy groups -OCH3 is 1. The first-order valence-electron chi connectivity index (χ1n) is 9.74. The van der Waals surface area contributed by atoms with E-state index >= 15 is 0 Å². The molecule has 1 aromatic heterocycles. The molecule has 32 heavy (non-hydrogen) atoms. The van der Waals surface area contributed by atoms with Gasteiger partial charge < -0.3 is 9.64 Å². The highest BCUT2D eigenvalue weighted by Crippen LogP contribution is 2.34. The molecule has 2 aromatic carbocycles. The first-order chi connectivity index (χ1) is 14.9. The zero-order valence-corrected chi connectivity index (χ0v) is 19.5. The van der Waals surface area contributed by atoms with Crippen molar-refractivity contribution in [3.05, 3.63) is 53.6 Å². The smallest absolute Gasteiger partial charge is 0.262 e. The molecule has 2 heterocycles. The number of likely N-dealkylation sites (N-methyl/N-ethyl adjacent to an activating group) is 1. The molecule has 10 heteroatoms. The third-order valence-electron chi connectivity index (χ3n) is 5.06. The van der Waals surface area contributed by atoms with Gasteiger partial charge in [-0.3, -0.25) is 24.2 Å². The lowest BCUT2D eigenvalue weighted by Gasteiger charge is -2.24. The van der Waals surface area contributed by atoms with Gasteiger partial charge >= 0.3 is 0 Å². The highest BCUT2D eigenvalue weighted by molar-refractivity contribution is 7.22. The van der Waals surface area contributed by atoms with Crippen molar-refractivity contribution in [1.82, 2.24) is 14.8 Å². The van der Waals surface area contributed by atoms with Crippen molar-refractivity contribution in [1.29, 1.82) is 0 Å². The van der Waals surface area contributed by atoms with Gasteiger partial charge in [-0.15, -0.1) is 12.4 Å². The lowest BCUT2D eigenvalue weighted by molar-refractivity contribution is -0.119. The van der Waals surface area contributed by atoms with Crippen LogP contribution >= 0.6 is 23.7 Å². The van der Waals surface area contributed by atoms with E-state index < -0.39 is 11.8 Å². The number of para-hydroxylation sites is 1. The van der Waals surface area contributed by atoms with Gasteiger partial charge in [0.2, 0.25) is 5.91 Å². The van der Waals surface area contributed by atoms with E-state index in [1.165, 1.54) is 16.2 Å². The lowest BCUT2D eigenvalue weighted by atomic mass is 10.1. The summed E-state index contributed by atoms with van der Waals surface area (Å²) >= 11 is 1.37. The molecule has 3 aromatic rings. The standard InChI is InChI=1S/C22H22N4O4S.ClH/c1-24(2)11-12-25(22-23-19-16(30-3)9-6-10-17(19)31-22)18(27)13-26-20(28)14-7-4-5-8-15(14)21(26)29;/h4-10H,11-13H2,1-3H3;1H. The fraction of sp³-hybridized carbons (Fsp3) is 0.273. The molecule has 0 saturated carbocycles. The largest absolute Gasteiger partial charge is 0.494 e. The molecule has 0 aliphatic carbocycles. The Bertz CT molecular complexity index is 1140. The molecule has 1 aliphatic heterocycles. The average Bonchev–Trinajstić information content (AvgIpc) is 3.29. The van der Waals surface area contributed by atoms with Crippen LogP contribution in [0.3, 0.4) is 0 Å². The number of ether oxygens (including phenoxy) is 1. The second-order valence-electron chi connectivity index (χ2n) is 7.39. The third-order valence-corrected chi connectivity index (χ3v) is 6.11. The Hall–Kier alpha value is -3.01. The van der Waals surface area contributed by atoms with Crippen molar-refractivity contribution >= 4 is 56.8 Å². The van der Waals surface area contributed by atoms with E-state index in [4.69, 9.17) is 4.74 Å². The highest BCUT2D eigenvalue weighted by Gasteiger charge is 2.37. The molecule has 0 unspecified atom stereocenters. The first kappa shape index (κ1) is 23.6. The normalized spacial score (nSPS) is 12.8. The molecule has 0 N–H and O–H groups in total. The predicted octanol–water partition coefficient (Wildman–Crippen LogP) is 2.92. The number of rotatable bonds is 7. The average molecular weight is 475 g/mol. The Kier molecular flexibility index (Phi) is 7.12. The Morgan fingerprint density at radius 2 is 1.69 bits per heavy atom. The lowest BCUT2D eigenvalue weighted by Crippen LogP contribution is -2.45. The number of halogens is 1. The molecular formula is C22H23ClN4O4S. The second-order valence-corrected chi connectivity index (χ2v) is 8.40. The van der Waals surface area contributed by atoms with Crippen LogP contribution in [0.5, 0.6) is 5.75 Å². The number of carbonyl (C=O) groups is 3. The summed E-state index contributed by atoms with van der Waals surface area (Å²) in [6, 6.07) is 12.2. The highest BCUT2D eigenvalue weighted by atomic mass is 35.5. The molecule has 0 saturated heterocycles. The number of benzene rings is 2. The van der Waals surface area contributed by atoms with E-state index in [0.717, 1.165) is 9.60 Å². The van der Waals surface area contributed by atoms with E-state index in [1.807, 2.05) is 37.2 Å². The van der Waals surface area contributed by atoms with Crippen molar-refractivity contribution in [3.63, 3.8) is 0 Å². The molecule has 168 valence electrons. The number of imide groups is 1.